The molecule has 2 bridgehead atoms. The maximum Gasteiger partial charge on any atom is 0.573 e. The SMILES string of the molecule is COc1ccc(OC(F)(F)F)cc1CN[C@@H]1CC[C@H]2CC[C@]1(c1ccccc1)N2.Cl.Cl. The lowest BCUT2D eigenvalue weighted by Crippen LogP contribution is -2.58. The smallest absolute Gasteiger partial charge is 0.496 e. The van der Waals surface area contributed by atoms with Crippen molar-refractivity contribution in [3.8, 4) is 11.5 Å². The van der Waals surface area contributed by atoms with Crippen LogP contribution in [0.5, 0.6) is 11.5 Å². The molecule has 0 spiro atoms. The standard InChI is InChI=1S/C22H25F3N2O2.2ClH/c1-28-19-9-8-18(29-22(23,24)25)13-15(19)14-26-20-10-7-17-11-12-21(20,27-17)16-5-3-2-4-6-16;;/h2-6,8-9,13,17,20,26-27H,7,10-12,14H2,1H3;2*1H/t17-,20+,21+;;/m0../s1. The van der Waals surface area contributed by atoms with Crippen molar-refractivity contribution in [2.75, 3.05) is 7.11 Å². The van der Waals surface area contributed by atoms with Gasteiger partial charge >= 0.3 is 6.36 Å². The van der Waals surface area contributed by atoms with Gasteiger partial charge in [0.25, 0.3) is 0 Å². The fraction of sp³-hybridized carbons (Fsp3) is 0.455. The first-order valence-corrected chi connectivity index (χ1v) is 9.89. The largest absolute Gasteiger partial charge is 0.573 e. The highest BCUT2D eigenvalue weighted by Crippen LogP contribution is 2.43. The Bertz CT molecular complexity index is 854. The summed E-state index contributed by atoms with van der Waals surface area (Å²) >= 11 is 0. The molecule has 2 aromatic carbocycles. The zero-order valence-electron chi connectivity index (χ0n) is 17.1. The monoisotopic (exact) mass is 478 g/mol. The number of piperidine rings is 1. The van der Waals surface area contributed by atoms with Crippen LogP contribution < -0.4 is 20.1 Å². The minimum Gasteiger partial charge on any atom is -0.496 e. The summed E-state index contributed by atoms with van der Waals surface area (Å²) in [7, 11) is 1.51. The van der Waals surface area contributed by atoms with Crippen molar-refractivity contribution in [3.63, 3.8) is 0 Å². The first-order valence-electron chi connectivity index (χ1n) is 9.89. The Morgan fingerprint density at radius 1 is 1.06 bits per heavy atom. The Labute approximate surface area is 192 Å². The number of hydrogen-bond acceptors (Lipinski definition) is 4. The molecule has 31 heavy (non-hydrogen) atoms. The normalized spacial score (nSPS) is 24.6. The second kappa shape index (κ2) is 10.3. The molecule has 0 aromatic heterocycles. The van der Waals surface area contributed by atoms with E-state index in [2.05, 4.69) is 27.5 Å². The van der Waals surface area contributed by atoms with Crippen molar-refractivity contribution in [1.29, 1.82) is 0 Å². The summed E-state index contributed by atoms with van der Waals surface area (Å²) in [5.41, 5.74) is 1.73. The maximum atomic E-state index is 12.6. The van der Waals surface area contributed by atoms with Gasteiger partial charge in [0, 0.05) is 24.2 Å². The van der Waals surface area contributed by atoms with Gasteiger partial charge in [0.2, 0.25) is 0 Å². The highest BCUT2D eigenvalue weighted by Gasteiger charge is 2.48. The predicted molar refractivity (Wildman–Crippen MR) is 118 cm³/mol. The molecule has 2 aliphatic heterocycles. The van der Waals surface area contributed by atoms with Gasteiger partial charge in [-0.25, -0.2) is 0 Å². The fourth-order valence-corrected chi connectivity index (χ4v) is 4.78. The van der Waals surface area contributed by atoms with E-state index in [9.17, 15) is 13.2 Å². The Hall–Kier alpha value is -1.67. The Morgan fingerprint density at radius 3 is 2.48 bits per heavy atom. The quantitative estimate of drug-likeness (QED) is 0.588. The van der Waals surface area contributed by atoms with Gasteiger partial charge in [-0.05, 0) is 49.4 Å². The van der Waals surface area contributed by atoms with Crippen molar-refractivity contribution in [2.24, 2.45) is 0 Å². The first-order chi connectivity index (χ1) is 13.9. The van der Waals surface area contributed by atoms with E-state index in [1.54, 1.807) is 0 Å². The number of fused-ring (bicyclic) bond motifs is 2. The summed E-state index contributed by atoms with van der Waals surface area (Å²) in [6, 6.07) is 15.3. The van der Waals surface area contributed by atoms with Gasteiger partial charge in [-0.3, -0.25) is 0 Å². The van der Waals surface area contributed by atoms with Crippen molar-refractivity contribution in [3.05, 3.63) is 59.7 Å². The van der Waals surface area contributed by atoms with E-state index in [4.69, 9.17) is 4.74 Å². The molecule has 2 heterocycles. The summed E-state index contributed by atoms with van der Waals surface area (Å²) in [6.07, 6.45) is -0.462. The molecule has 2 aromatic rings. The zero-order valence-corrected chi connectivity index (χ0v) is 18.7. The zero-order chi connectivity index (χ0) is 20.5. The van der Waals surface area contributed by atoms with Crippen LogP contribution in [0.4, 0.5) is 13.2 Å². The van der Waals surface area contributed by atoms with Crippen LogP contribution in [0.1, 0.15) is 36.8 Å². The number of benzene rings is 2. The number of nitrogens with one attached hydrogen (secondary N) is 2. The third-order valence-corrected chi connectivity index (χ3v) is 6.06. The van der Waals surface area contributed by atoms with Crippen LogP contribution in [0.25, 0.3) is 0 Å². The molecule has 172 valence electrons. The number of hydrogen-bond donors (Lipinski definition) is 2. The van der Waals surface area contributed by atoms with E-state index >= 15 is 0 Å². The number of methoxy groups -OCH3 is 1. The molecule has 2 aliphatic rings. The van der Waals surface area contributed by atoms with Gasteiger partial charge in [-0.1, -0.05) is 30.3 Å². The van der Waals surface area contributed by atoms with Crippen LogP contribution in [0, 0.1) is 0 Å². The second-order valence-electron chi connectivity index (χ2n) is 7.75. The lowest BCUT2D eigenvalue weighted by Gasteiger charge is -2.43. The van der Waals surface area contributed by atoms with Gasteiger partial charge in [-0.2, -0.15) is 0 Å². The van der Waals surface area contributed by atoms with Crippen LogP contribution in [-0.4, -0.2) is 25.6 Å². The van der Waals surface area contributed by atoms with Crippen LogP contribution in [0.2, 0.25) is 0 Å². The van der Waals surface area contributed by atoms with Crippen molar-refractivity contribution in [1.82, 2.24) is 10.6 Å². The lowest BCUT2D eigenvalue weighted by atomic mass is 9.79. The molecule has 4 nitrogen and oxygen atoms in total. The molecular formula is C22H27Cl2F3N2O2. The van der Waals surface area contributed by atoms with Gasteiger partial charge in [0.1, 0.15) is 11.5 Å². The number of halogens is 5. The molecule has 2 N–H and O–H groups in total. The lowest BCUT2D eigenvalue weighted by molar-refractivity contribution is -0.274. The summed E-state index contributed by atoms with van der Waals surface area (Å²) in [4.78, 5) is 0. The molecule has 0 unspecified atom stereocenters. The highest BCUT2D eigenvalue weighted by molar-refractivity contribution is 5.85. The minimum absolute atomic E-state index is 0. The van der Waals surface area contributed by atoms with E-state index in [0.29, 0.717) is 23.9 Å². The summed E-state index contributed by atoms with van der Waals surface area (Å²) in [5.74, 6) is 0.296. The molecule has 2 saturated heterocycles. The van der Waals surface area contributed by atoms with Crippen LogP contribution >= 0.6 is 24.8 Å². The second-order valence-corrected chi connectivity index (χ2v) is 7.75. The average Bonchev–Trinajstić information content (AvgIpc) is 3.05. The van der Waals surface area contributed by atoms with E-state index in [1.807, 2.05) is 18.2 Å². The fourth-order valence-electron chi connectivity index (χ4n) is 4.78. The average molecular weight is 479 g/mol. The molecule has 0 saturated carbocycles. The number of ether oxygens (including phenoxy) is 2. The molecule has 0 amide bonds. The first kappa shape index (κ1) is 25.6. The van der Waals surface area contributed by atoms with E-state index in [0.717, 1.165) is 25.7 Å². The van der Waals surface area contributed by atoms with E-state index < -0.39 is 6.36 Å². The Morgan fingerprint density at radius 2 is 1.81 bits per heavy atom. The maximum absolute atomic E-state index is 12.6. The van der Waals surface area contributed by atoms with Crippen LogP contribution in [-0.2, 0) is 12.1 Å². The van der Waals surface area contributed by atoms with Gasteiger partial charge in [0.15, 0.2) is 0 Å². The van der Waals surface area contributed by atoms with Gasteiger partial charge in [-0.15, -0.1) is 38.0 Å². The van der Waals surface area contributed by atoms with Crippen molar-refractivity contribution < 1.29 is 22.6 Å². The molecule has 4 rings (SSSR count). The molecule has 9 heteroatoms. The molecule has 3 atom stereocenters. The summed E-state index contributed by atoms with van der Waals surface area (Å²) in [5, 5.41) is 7.40. The van der Waals surface area contributed by atoms with Crippen LogP contribution in [0.3, 0.4) is 0 Å². The Kier molecular flexibility index (Phi) is 8.50. The van der Waals surface area contributed by atoms with E-state index in [-0.39, 0.29) is 42.1 Å². The third-order valence-electron chi connectivity index (χ3n) is 6.06. The van der Waals surface area contributed by atoms with Gasteiger partial charge in [0.05, 0.1) is 12.6 Å². The molecule has 0 radical (unpaired) electrons. The molecule has 2 fully saturated rings. The molecular weight excluding hydrogens is 452 g/mol. The number of alkyl halides is 3. The minimum atomic E-state index is -4.72. The predicted octanol–water partition coefficient (Wildman–Crippen LogP) is 5.34. The van der Waals surface area contributed by atoms with Gasteiger partial charge < -0.3 is 20.1 Å². The molecule has 0 aliphatic carbocycles. The van der Waals surface area contributed by atoms with Crippen molar-refractivity contribution >= 4 is 24.8 Å². The summed E-state index contributed by atoms with van der Waals surface area (Å²) in [6.45, 7) is 0.393. The number of rotatable bonds is 6. The van der Waals surface area contributed by atoms with Crippen LogP contribution in [0.15, 0.2) is 48.5 Å². The highest BCUT2D eigenvalue weighted by atomic mass is 35.5. The topological polar surface area (TPSA) is 42.5 Å². The summed E-state index contributed by atoms with van der Waals surface area (Å²) < 4.78 is 47.2. The van der Waals surface area contributed by atoms with Crippen molar-refractivity contribution in [2.45, 2.75) is 56.2 Å². The third kappa shape index (κ3) is 5.58. The van der Waals surface area contributed by atoms with E-state index in [1.165, 1.54) is 30.9 Å². The Balaban J connectivity index is 0.00000171.